The van der Waals surface area contributed by atoms with E-state index in [1.165, 1.54) is 5.56 Å². The number of fused-ring (bicyclic) bond motifs is 2. The van der Waals surface area contributed by atoms with Crippen LogP contribution in [0.5, 0.6) is 11.5 Å². The van der Waals surface area contributed by atoms with E-state index in [4.69, 9.17) is 9.47 Å². The number of carbonyl (C=O) groups is 1. The molecule has 2 aromatic rings. The molecule has 1 heterocycles. The Morgan fingerprint density at radius 1 is 1.00 bits per heavy atom. The van der Waals surface area contributed by atoms with Gasteiger partial charge in [0, 0.05) is 101 Å². The van der Waals surface area contributed by atoms with E-state index >= 15 is 0 Å². The average molecular weight is 551 g/mol. The molecule has 4 atom stereocenters. The highest BCUT2D eigenvalue weighted by Crippen LogP contribution is 2.52. The first-order valence-corrected chi connectivity index (χ1v) is 14.2. The van der Waals surface area contributed by atoms with Gasteiger partial charge in [0.25, 0.3) is 0 Å². The number of rotatable bonds is 11. The van der Waals surface area contributed by atoms with Crippen molar-refractivity contribution < 1.29 is 19.4 Å². The van der Waals surface area contributed by atoms with Crippen molar-refractivity contribution in [2.75, 3.05) is 77.2 Å². The third-order valence-corrected chi connectivity index (χ3v) is 8.32. The van der Waals surface area contributed by atoms with Gasteiger partial charge in [0.1, 0.15) is 17.6 Å². The van der Waals surface area contributed by atoms with Crippen molar-refractivity contribution in [1.82, 2.24) is 4.90 Å². The summed E-state index contributed by atoms with van der Waals surface area (Å²) < 4.78 is 12.8. The van der Waals surface area contributed by atoms with Crippen LogP contribution in [0, 0.1) is 5.92 Å². The first-order valence-electron chi connectivity index (χ1n) is 14.2. The molecule has 0 bridgehead atoms. The van der Waals surface area contributed by atoms with Gasteiger partial charge in [-0.2, -0.15) is 0 Å². The number of carboxylic acid groups (broad SMARTS) is 1. The number of carboxylic acids is 1. The van der Waals surface area contributed by atoms with Crippen molar-refractivity contribution in [3.05, 3.63) is 53.6 Å². The van der Waals surface area contributed by atoms with Gasteiger partial charge in [0.05, 0.1) is 18.5 Å². The summed E-state index contributed by atoms with van der Waals surface area (Å²) in [5, 5.41) is 9.18. The minimum Gasteiger partial charge on any atom is -0.496 e. The number of aliphatic carboxylic acids is 1. The van der Waals surface area contributed by atoms with Crippen molar-refractivity contribution in [3.8, 4) is 11.5 Å². The van der Waals surface area contributed by atoms with E-state index in [1.807, 2.05) is 0 Å². The van der Waals surface area contributed by atoms with Crippen LogP contribution in [0.3, 0.4) is 0 Å². The van der Waals surface area contributed by atoms with E-state index in [2.05, 4.69) is 111 Å². The maximum absolute atomic E-state index is 11.2. The van der Waals surface area contributed by atoms with Crippen molar-refractivity contribution in [1.29, 1.82) is 0 Å². The molecule has 8 nitrogen and oxygen atoms in total. The zero-order valence-corrected chi connectivity index (χ0v) is 25.3. The summed E-state index contributed by atoms with van der Waals surface area (Å²) in [4.78, 5) is 19.9. The smallest absolute Gasteiger partial charge is 0.303 e. The van der Waals surface area contributed by atoms with Crippen LogP contribution in [-0.2, 0) is 4.79 Å². The lowest BCUT2D eigenvalue weighted by Gasteiger charge is -2.44. The molecule has 0 spiro atoms. The van der Waals surface area contributed by atoms with E-state index in [0.29, 0.717) is 19.0 Å². The van der Waals surface area contributed by atoms with Crippen LogP contribution >= 0.6 is 0 Å². The fourth-order valence-corrected chi connectivity index (χ4v) is 6.07. The minimum absolute atomic E-state index is 0.0441. The van der Waals surface area contributed by atoms with Gasteiger partial charge in [-0.25, -0.2) is 0 Å². The highest BCUT2D eigenvalue weighted by Gasteiger charge is 2.42. The first-order chi connectivity index (χ1) is 19.0. The Bertz CT molecular complexity index is 1230. The zero-order valence-electron chi connectivity index (χ0n) is 25.3. The largest absolute Gasteiger partial charge is 0.496 e. The molecule has 0 radical (unpaired) electrons. The Morgan fingerprint density at radius 3 is 2.35 bits per heavy atom. The third-order valence-electron chi connectivity index (χ3n) is 8.32. The number of ether oxygens (including phenoxy) is 2. The van der Waals surface area contributed by atoms with Crippen LogP contribution in [0.2, 0.25) is 0 Å². The standard InChI is InChI=1S/C32H46N4O4/c1-9-36(16-10-11-31(37)38)27-20-28(39-8)25(19-26(27)35(6)7)32-23-14-12-21(33(2)3)17-29(23)40-30-18-22(34(4)5)13-15-24(30)32/h12-15,17,19-20,22,24,30,32H,9-11,16,18H2,1-8H3,(H,37,38). The lowest BCUT2D eigenvalue weighted by atomic mass is 9.71. The molecule has 1 aliphatic carbocycles. The summed E-state index contributed by atoms with van der Waals surface area (Å²) in [5.74, 6) is 1.25. The van der Waals surface area contributed by atoms with Gasteiger partial charge in [0.2, 0.25) is 0 Å². The van der Waals surface area contributed by atoms with Gasteiger partial charge in [0.15, 0.2) is 0 Å². The van der Waals surface area contributed by atoms with Crippen molar-refractivity contribution in [3.63, 3.8) is 0 Å². The Kier molecular flexibility index (Phi) is 9.19. The maximum Gasteiger partial charge on any atom is 0.303 e. The molecule has 8 heteroatoms. The molecular weight excluding hydrogens is 504 g/mol. The summed E-state index contributed by atoms with van der Waals surface area (Å²) in [6.07, 6.45) is 6.38. The van der Waals surface area contributed by atoms with E-state index in [9.17, 15) is 9.90 Å². The quantitative estimate of drug-likeness (QED) is 0.396. The predicted molar refractivity (Wildman–Crippen MR) is 164 cm³/mol. The fraction of sp³-hybridized carbons (Fsp3) is 0.531. The summed E-state index contributed by atoms with van der Waals surface area (Å²) in [5.41, 5.74) is 5.57. The lowest BCUT2D eigenvalue weighted by molar-refractivity contribution is -0.137. The molecular formula is C32H46N4O4. The summed E-state index contributed by atoms with van der Waals surface area (Å²) in [6, 6.07) is 11.3. The molecule has 0 saturated carbocycles. The van der Waals surface area contributed by atoms with Crippen LogP contribution in [0.4, 0.5) is 17.1 Å². The maximum atomic E-state index is 11.2. The molecule has 0 amide bonds. The number of nitrogens with zero attached hydrogens (tertiary/aromatic N) is 4. The molecule has 1 aliphatic heterocycles. The topological polar surface area (TPSA) is 68.7 Å². The lowest BCUT2D eigenvalue weighted by Crippen LogP contribution is -2.43. The molecule has 1 N–H and O–H groups in total. The number of hydrogen-bond acceptors (Lipinski definition) is 7. The second-order valence-electron chi connectivity index (χ2n) is 11.5. The highest BCUT2D eigenvalue weighted by atomic mass is 16.5. The molecule has 2 aliphatic rings. The van der Waals surface area contributed by atoms with Gasteiger partial charge in [-0.3, -0.25) is 4.79 Å². The van der Waals surface area contributed by atoms with Gasteiger partial charge in [-0.15, -0.1) is 0 Å². The molecule has 4 unspecified atom stereocenters. The number of anilines is 3. The molecule has 4 rings (SSSR count). The van der Waals surface area contributed by atoms with Crippen LogP contribution in [0.25, 0.3) is 0 Å². The normalized spacial score (nSPS) is 21.3. The van der Waals surface area contributed by atoms with Gasteiger partial charge >= 0.3 is 5.97 Å². The Balaban J connectivity index is 1.86. The van der Waals surface area contributed by atoms with Crippen LogP contribution in [0.15, 0.2) is 42.5 Å². The zero-order chi connectivity index (χ0) is 29.1. The van der Waals surface area contributed by atoms with Crippen molar-refractivity contribution >= 4 is 23.0 Å². The first kappa shape index (κ1) is 29.6. The molecule has 0 fully saturated rings. The average Bonchev–Trinajstić information content (AvgIpc) is 2.92. The van der Waals surface area contributed by atoms with Gasteiger partial charge < -0.3 is 34.2 Å². The molecule has 0 aromatic heterocycles. The monoisotopic (exact) mass is 550 g/mol. The second kappa shape index (κ2) is 12.4. The Hall–Kier alpha value is -3.39. The number of likely N-dealkylation sites (N-methyl/N-ethyl adjacent to an activating group) is 1. The number of hydrogen-bond donors (Lipinski definition) is 1. The summed E-state index contributed by atoms with van der Waals surface area (Å²) in [6.45, 7) is 3.55. The van der Waals surface area contributed by atoms with Crippen molar-refractivity contribution in [2.45, 2.75) is 44.2 Å². The summed E-state index contributed by atoms with van der Waals surface area (Å²) in [7, 11) is 14.2. The van der Waals surface area contributed by atoms with Crippen LogP contribution in [0.1, 0.15) is 43.2 Å². The second-order valence-corrected chi connectivity index (χ2v) is 11.5. The van der Waals surface area contributed by atoms with E-state index < -0.39 is 5.97 Å². The van der Waals surface area contributed by atoms with Gasteiger partial charge in [-0.05, 0) is 39.6 Å². The molecule has 40 heavy (non-hydrogen) atoms. The number of benzene rings is 2. The van der Waals surface area contributed by atoms with E-state index in [1.54, 1.807) is 7.11 Å². The third kappa shape index (κ3) is 6.02. The fourth-order valence-electron chi connectivity index (χ4n) is 6.07. The number of methoxy groups -OCH3 is 1. The van der Waals surface area contributed by atoms with E-state index in [-0.39, 0.29) is 24.4 Å². The molecule has 0 saturated heterocycles. The Labute approximate surface area is 239 Å². The highest BCUT2D eigenvalue weighted by molar-refractivity contribution is 5.76. The minimum atomic E-state index is -0.765. The van der Waals surface area contributed by atoms with Crippen LogP contribution in [-0.4, -0.2) is 90.6 Å². The van der Waals surface area contributed by atoms with Crippen LogP contribution < -0.4 is 24.2 Å². The predicted octanol–water partition coefficient (Wildman–Crippen LogP) is 4.92. The Morgan fingerprint density at radius 2 is 1.75 bits per heavy atom. The molecule has 2 aromatic carbocycles. The van der Waals surface area contributed by atoms with E-state index in [0.717, 1.165) is 47.1 Å². The SMILES string of the molecule is CCN(CCCC(=O)O)c1cc(OC)c(C2c3ccc(N(C)C)cc3OC3CC(N(C)C)C=CC32)cc1N(C)C. The summed E-state index contributed by atoms with van der Waals surface area (Å²) >= 11 is 0. The van der Waals surface area contributed by atoms with Gasteiger partial charge in [-0.1, -0.05) is 18.2 Å². The molecule has 218 valence electrons. The van der Waals surface area contributed by atoms with Crippen molar-refractivity contribution in [2.24, 2.45) is 5.92 Å².